The van der Waals surface area contributed by atoms with Gasteiger partial charge in [0.2, 0.25) is 5.91 Å². The van der Waals surface area contributed by atoms with E-state index in [1.807, 2.05) is 0 Å². The molecule has 4 heteroatoms. The molecule has 2 heterocycles. The van der Waals surface area contributed by atoms with Crippen molar-refractivity contribution in [2.45, 2.75) is 37.0 Å². The van der Waals surface area contributed by atoms with Gasteiger partial charge in [-0.05, 0) is 80.3 Å². The fraction of sp³-hybridized carbons (Fsp3) is 0.632. The minimum absolute atomic E-state index is 0.323. The monoisotopic (exact) mass is 330 g/mol. The summed E-state index contributed by atoms with van der Waals surface area (Å²) in [6.07, 6.45) is 6.07. The van der Waals surface area contributed by atoms with Gasteiger partial charge < -0.3 is 10.2 Å². The van der Waals surface area contributed by atoms with Crippen LogP contribution in [-0.2, 0) is 17.6 Å². The van der Waals surface area contributed by atoms with Gasteiger partial charge in [0, 0.05) is 18.0 Å². The molecule has 1 aromatic carbocycles. The molecule has 0 radical (unpaired) electrons. The third kappa shape index (κ3) is 3.43. The average Bonchev–Trinajstić information content (AvgIpc) is 3.17. The molecule has 1 aliphatic carbocycles. The van der Waals surface area contributed by atoms with Crippen LogP contribution in [0.15, 0.2) is 23.1 Å². The first kappa shape index (κ1) is 15.5. The standard InChI is InChI=1S/C19H26N2OS/c22-19(21-8-6-16-11-20-12-17(16)7-9-21)13-23-18-5-4-14-2-1-3-15(14)10-18/h4-5,10,16-17,20H,1-3,6-9,11-13H2/t16-,17+. The summed E-state index contributed by atoms with van der Waals surface area (Å²) in [6, 6.07) is 6.76. The van der Waals surface area contributed by atoms with Gasteiger partial charge in [-0.2, -0.15) is 0 Å². The lowest BCUT2D eigenvalue weighted by Crippen LogP contribution is -2.34. The second-order valence-corrected chi connectivity index (χ2v) is 8.26. The van der Waals surface area contributed by atoms with Crippen molar-refractivity contribution in [3.05, 3.63) is 29.3 Å². The van der Waals surface area contributed by atoms with E-state index in [2.05, 4.69) is 28.4 Å². The number of likely N-dealkylation sites (tertiary alicyclic amines) is 1. The van der Waals surface area contributed by atoms with Gasteiger partial charge in [0.1, 0.15) is 0 Å². The van der Waals surface area contributed by atoms with Crippen molar-refractivity contribution in [2.24, 2.45) is 11.8 Å². The predicted octanol–water partition coefficient (Wildman–Crippen LogP) is 2.73. The molecule has 1 amide bonds. The number of nitrogens with one attached hydrogen (secondary N) is 1. The van der Waals surface area contributed by atoms with E-state index in [1.165, 1.54) is 48.1 Å². The van der Waals surface area contributed by atoms with E-state index >= 15 is 0 Å². The highest BCUT2D eigenvalue weighted by Gasteiger charge is 2.31. The van der Waals surface area contributed by atoms with Gasteiger partial charge in [0.05, 0.1) is 5.75 Å². The summed E-state index contributed by atoms with van der Waals surface area (Å²) in [5.41, 5.74) is 3.01. The molecule has 4 rings (SSSR count). The van der Waals surface area contributed by atoms with Crippen LogP contribution in [0.25, 0.3) is 0 Å². The van der Waals surface area contributed by atoms with E-state index in [1.54, 1.807) is 11.8 Å². The fourth-order valence-electron chi connectivity index (χ4n) is 4.34. The maximum Gasteiger partial charge on any atom is 0.232 e. The first-order valence-corrected chi connectivity index (χ1v) is 10.0. The van der Waals surface area contributed by atoms with Gasteiger partial charge >= 0.3 is 0 Å². The number of nitrogens with zero attached hydrogens (tertiary/aromatic N) is 1. The maximum absolute atomic E-state index is 12.6. The lowest BCUT2D eigenvalue weighted by Gasteiger charge is -2.20. The number of thioether (sulfide) groups is 1. The van der Waals surface area contributed by atoms with Crippen LogP contribution in [0.2, 0.25) is 0 Å². The van der Waals surface area contributed by atoms with E-state index in [0.717, 1.165) is 38.0 Å². The number of amides is 1. The molecule has 1 aromatic rings. The van der Waals surface area contributed by atoms with Gasteiger partial charge in [-0.1, -0.05) is 6.07 Å². The number of fused-ring (bicyclic) bond motifs is 2. The molecule has 0 spiro atoms. The van der Waals surface area contributed by atoms with E-state index in [4.69, 9.17) is 0 Å². The van der Waals surface area contributed by atoms with Crippen LogP contribution in [0.4, 0.5) is 0 Å². The summed E-state index contributed by atoms with van der Waals surface area (Å²) in [5, 5.41) is 3.50. The largest absolute Gasteiger partial charge is 0.342 e. The molecule has 124 valence electrons. The number of rotatable bonds is 3. The molecule has 3 nitrogen and oxygen atoms in total. The Morgan fingerprint density at radius 3 is 2.65 bits per heavy atom. The topological polar surface area (TPSA) is 32.3 Å². The maximum atomic E-state index is 12.6. The normalized spacial score (nSPS) is 26.7. The second-order valence-electron chi connectivity index (χ2n) is 7.21. The molecule has 2 atom stereocenters. The lowest BCUT2D eigenvalue weighted by molar-refractivity contribution is -0.128. The predicted molar refractivity (Wildman–Crippen MR) is 94.9 cm³/mol. The third-order valence-corrected chi connectivity index (χ3v) is 6.78. The van der Waals surface area contributed by atoms with E-state index in [9.17, 15) is 4.79 Å². The Hall–Kier alpha value is -1.00. The smallest absolute Gasteiger partial charge is 0.232 e. The lowest BCUT2D eigenvalue weighted by atomic mass is 9.92. The Labute approximate surface area is 143 Å². The zero-order valence-electron chi connectivity index (χ0n) is 13.7. The molecular formula is C19H26N2OS. The van der Waals surface area contributed by atoms with Crippen molar-refractivity contribution in [3.8, 4) is 0 Å². The zero-order chi connectivity index (χ0) is 15.6. The molecule has 2 fully saturated rings. The third-order valence-electron chi connectivity index (χ3n) is 5.80. The molecular weight excluding hydrogens is 304 g/mol. The summed E-state index contributed by atoms with van der Waals surface area (Å²) in [6.45, 7) is 4.20. The van der Waals surface area contributed by atoms with Crippen LogP contribution in [0.1, 0.15) is 30.4 Å². The van der Waals surface area contributed by atoms with Crippen LogP contribution in [0.3, 0.4) is 0 Å². The van der Waals surface area contributed by atoms with Crippen LogP contribution in [0, 0.1) is 11.8 Å². The van der Waals surface area contributed by atoms with Crippen LogP contribution in [-0.4, -0.2) is 42.7 Å². The molecule has 3 aliphatic rings. The van der Waals surface area contributed by atoms with E-state index in [-0.39, 0.29) is 0 Å². The highest BCUT2D eigenvalue weighted by atomic mass is 32.2. The average molecular weight is 330 g/mol. The second kappa shape index (κ2) is 6.86. The first-order valence-electron chi connectivity index (χ1n) is 9.03. The number of benzene rings is 1. The Balaban J connectivity index is 1.31. The minimum atomic E-state index is 0.323. The van der Waals surface area contributed by atoms with Crippen molar-refractivity contribution in [3.63, 3.8) is 0 Å². The highest BCUT2D eigenvalue weighted by molar-refractivity contribution is 8.00. The molecule has 0 saturated carbocycles. The first-order chi connectivity index (χ1) is 11.3. The number of carbonyl (C=O) groups is 1. The van der Waals surface area contributed by atoms with E-state index in [0.29, 0.717) is 11.7 Å². The SMILES string of the molecule is O=C(CSc1ccc2c(c1)CCC2)N1CC[C@@H]2CNC[C@@H]2CC1. The van der Waals surface area contributed by atoms with Crippen molar-refractivity contribution < 1.29 is 4.79 Å². The fourth-order valence-corrected chi connectivity index (χ4v) is 5.20. The summed E-state index contributed by atoms with van der Waals surface area (Å²) < 4.78 is 0. The molecule has 2 aliphatic heterocycles. The van der Waals surface area contributed by atoms with Crippen molar-refractivity contribution in [1.82, 2.24) is 10.2 Å². The van der Waals surface area contributed by atoms with Crippen LogP contribution >= 0.6 is 11.8 Å². The van der Waals surface area contributed by atoms with Gasteiger partial charge in [0.25, 0.3) is 0 Å². The molecule has 0 aromatic heterocycles. The molecule has 1 N–H and O–H groups in total. The highest BCUT2D eigenvalue weighted by Crippen LogP contribution is 2.29. The van der Waals surface area contributed by atoms with Gasteiger partial charge in [-0.25, -0.2) is 0 Å². The Bertz CT molecular complexity index is 575. The Kier molecular flexibility index (Phi) is 4.63. The van der Waals surface area contributed by atoms with Crippen LogP contribution < -0.4 is 5.32 Å². The summed E-state index contributed by atoms with van der Waals surface area (Å²) >= 11 is 1.71. The number of carbonyl (C=O) groups excluding carboxylic acids is 1. The Morgan fingerprint density at radius 2 is 1.87 bits per heavy atom. The van der Waals surface area contributed by atoms with Crippen molar-refractivity contribution >= 4 is 17.7 Å². The Morgan fingerprint density at radius 1 is 1.13 bits per heavy atom. The number of hydrogen-bond acceptors (Lipinski definition) is 3. The summed E-state index contributed by atoms with van der Waals surface area (Å²) in [4.78, 5) is 15.9. The van der Waals surface area contributed by atoms with E-state index < -0.39 is 0 Å². The molecule has 0 bridgehead atoms. The summed E-state index contributed by atoms with van der Waals surface area (Å²) in [7, 11) is 0. The quantitative estimate of drug-likeness (QED) is 0.865. The zero-order valence-corrected chi connectivity index (χ0v) is 14.5. The molecule has 0 unspecified atom stereocenters. The van der Waals surface area contributed by atoms with Crippen molar-refractivity contribution in [2.75, 3.05) is 31.9 Å². The number of hydrogen-bond donors (Lipinski definition) is 1. The van der Waals surface area contributed by atoms with Crippen LogP contribution in [0.5, 0.6) is 0 Å². The number of aryl methyl sites for hydroxylation is 2. The van der Waals surface area contributed by atoms with Gasteiger partial charge in [-0.3, -0.25) is 4.79 Å². The van der Waals surface area contributed by atoms with Gasteiger partial charge in [0.15, 0.2) is 0 Å². The van der Waals surface area contributed by atoms with Gasteiger partial charge in [-0.15, -0.1) is 11.8 Å². The molecule has 2 saturated heterocycles. The van der Waals surface area contributed by atoms with Crippen molar-refractivity contribution in [1.29, 1.82) is 0 Å². The molecule has 23 heavy (non-hydrogen) atoms. The minimum Gasteiger partial charge on any atom is -0.342 e. The summed E-state index contributed by atoms with van der Waals surface area (Å²) in [5.74, 6) is 2.49.